The number of aliphatic hydroxyl groups excluding tert-OH is 1. The van der Waals surface area contributed by atoms with Gasteiger partial charge >= 0.3 is 0 Å². The first-order valence-electron chi connectivity index (χ1n) is 6.74. The van der Waals surface area contributed by atoms with Gasteiger partial charge in [-0.05, 0) is 57.3 Å². The maximum atomic E-state index is 9.90. The number of hydrogen-bond acceptors (Lipinski definition) is 1. The zero-order chi connectivity index (χ0) is 13.2. The van der Waals surface area contributed by atoms with E-state index in [2.05, 4.69) is 40.3 Å². The predicted molar refractivity (Wildman–Crippen MR) is 74.9 cm³/mol. The molecule has 0 fully saturated rings. The van der Waals surface area contributed by atoms with Crippen molar-refractivity contribution in [2.45, 2.75) is 60.0 Å². The summed E-state index contributed by atoms with van der Waals surface area (Å²) in [5.41, 5.74) is 2.97. The Labute approximate surface area is 107 Å². The zero-order valence-electron chi connectivity index (χ0n) is 12.1. The quantitative estimate of drug-likeness (QED) is 0.704. The molecule has 0 heterocycles. The van der Waals surface area contributed by atoms with Gasteiger partial charge in [0.1, 0.15) is 0 Å². The van der Waals surface area contributed by atoms with E-state index in [0.29, 0.717) is 17.3 Å². The van der Waals surface area contributed by atoms with E-state index in [9.17, 15) is 5.11 Å². The summed E-state index contributed by atoms with van der Waals surface area (Å²) in [6.45, 7) is 14.8. The van der Waals surface area contributed by atoms with Crippen molar-refractivity contribution >= 4 is 0 Å². The lowest BCUT2D eigenvalue weighted by molar-refractivity contribution is 0.0944. The van der Waals surface area contributed by atoms with Crippen LogP contribution in [0.25, 0.3) is 0 Å². The minimum Gasteiger partial charge on any atom is -0.393 e. The van der Waals surface area contributed by atoms with E-state index in [-0.39, 0.29) is 6.10 Å². The van der Waals surface area contributed by atoms with Crippen LogP contribution in [0.4, 0.5) is 0 Å². The van der Waals surface area contributed by atoms with Gasteiger partial charge in [-0.3, -0.25) is 0 Å². The van der Waals surface area contributed by atoms with Gasteiger partial charge in [0.2, 0.25) is 0 Å². The standard InChI is InChI=1S/C16H28O/c1-11(2)9-14(13(4)17)10-15-8-7-12(3)16(15,5)6/h7,13-15,17H,1,8-10H2,2-6H3. The Hall–Kier alpha value is -0.560. The van der Waals surface area contributed by atoms with E-state index >= 15 is 0 Å². The average Bonchev–Trinajstić information content (AvgIpc) is 2.42. The molecule has 0 saturated carbocycles. The normalized spacial score (nSPS) is 26.5. The monoisotopic (exact) mass is 236 g/mol. The molecular formula is C16H28O. The lowest BCUT2D eigenvalue weighted by Gasteiger charge is -2.33. The molecule has 1 heteroatoms. The highest BCUT2D eigenvalue weighted by molar-refractivity contribution is 5.18. The lowest BCUT2D eigenvalue weighted by atomic mass is 9.72. The Morgan fingerprint density at radius 2 is 2.18 bits per heavy atom. The third-order valence-corrected chi connectivity index (χ3v) is 4.63. The van der Waals surface area contributed by atoms with Gasteiger partial charge in [-0.1, -0.05) is 31.1 Å². The van der Waals surface area contributed by atoms with Crippen LogP contribution in [0.2, 0.25) is 0 Å². The molecular weight excluding hydrogens is 208 g/mol. The third-order valence-electron chi connectivity index (χ3n) is 4.63. The first kappa shape index (κ1) is 14.5. The Kier molecular flexibility index (Phi) is 4.60. The molecule has 0 saturated heterocycles. The molecule has 17 heavy (non-hydrogen) atoms. The summed E-state index contributed by atoms with van der Waals surface area (Å²) in [6.07, 6.45) is 5.35. The lowest BCUT2D eigenvalue weighted by Crippen LogP contribution is -2.27. The summed E-state index contributed by atoms with van der Waals surface area (Å²) >= 11 is 0. The predicted octanol–water partition coefficient (Wildman–Crippen LogP) is 4.33. The second-order valence-electron chi connectivity index (χ2n) is 6.44. The summed E-state index contributed by atoms with van der Waals surface area (Å²) in [5, 5.41) is 9.90. The van der Waals surface area contributed by atoms with Gasteiger partial charge in [0.05, 0.1) is 6.10 Å². The maximum Gasteiger partial charge on any atom is 0.0543 e. The molecule has 3 unspecified atom stereocenters. The second-order valence-corrected chi connectivity index (χ2v) is 6.44. The average molecular weight is 236 g/mol. The number of aliphatic hydroxyl groups is 1. The van der Waals surface area contributed by atoms with Crippen LogP contribution in [0.5, 0.6) is 0 Å². The van der Waals surface area contributed by atoms with Gasteiger partial charge < -0.3 is 5.11 Å². The molecule has 0 aromatic rings. The minimum atomic E-state index is -0.233. The molecule has 0 spiro atoms. The van der Waals surface area contributed by atoms with Crippen molar-refractivity contribution < 1.29 is 5.11 Å². The largest absolute Gasteiger partial charge is 0.393 e. The van der Waals surface area contributed by atoms with E-state index in [1.165, 1.54) is 11.1 Å². The van der Waals surface area contributed by atoms with Gasteiger partial charge in [-0.15, -0.1) is 6.58 Å². The van der Waals surface area contributed by atoms with Crippen molar-refractivity contribution in [1.82, 2.24) is 0 Å². The van der Waals surface area contributed by atoms with Crippen molar-refractivity contribution in [3.63, 3.8) is 0 Å². The Morgan fingerprint density at radius 3 is 2.53 bits per heavy atom. The van der Waals surface area contributed by atoms with Crippen molar-refractivity contribution in [1.29, 1.82) is 0 Å². The topological polar surface area (TPSA) is 20.2 Å². The molecule has 1 nitrogen and oxygen atoms in total. The molecule has 0 aliphatic heterocycles. The van der Waals surface area contributed by atoms with Crippen LogP contribution in [0.3, 0.4) is 0 Å². The van der Waals surface area contributed by atoms with Crippen LogP contribution in [0.15, 0.2) is 23.8 Å². The minimum absolute atomic E-state index is 0.233. The van der Waals surface area contributed by atoms with Crippen LogP contribution >= 0.6 is 0 Å². The van der Waals surface area contributed by atoms with Crippen LogP contribution < -0.4 is 0 Å². The summed E-state index contributed by atoms with van der Waals surface area (Å²) in [6, 6.07) is 0. The molecule has 98 valence electrons. The van der Waals surface area contributed by atoms with Gasteiger partial charge in [0.15, 0.2) is 0 Å². The maximum absolute atomic E-state index is 9.90. The van der Waals surface area contributed by atoms with E-state index in [1.807, 2.05) is 6.92 Å². The van der Waals surface area contributed by atoms with Gasteiger partial charge in [0.25, 0.3) is 0 Å². The number of hydrogen-bond donors (Lipinski definition) is 1. The molecule has 1 N–H and O–H groups in total. The smallest absolute Gasteiger partial charge is 0.0543 e. The first-order valence-corrected chi connectivity index (χ1v) is 6.74. The van der Waals surface area contributed by atoms with E-state index < -0.39 is 0 Å². The first-order chi connectivity index (χ1) is 7.75. The van der Waals surface area contributed by atoms with Crippen molar-refractivity contribution in [2.24, 2.45) is 17.3 Å². The molecule has 0 radical (unpaired) electrons. The van der Waals surface area contributed by atoms with Gasteiger partial charge in [-0.25, -0.2) is 0 Å². The van der Waals surface area contributed by atoms with E-state index in [0.717, 1.165) is 19.3 Å². The summed E-state index contributed by atoms with van der Waals surface area (Å²) in [4.78, 5) is 0. The molecule has 3 atom stereocenters. The highest BCUT2D eigenvalue weighted by atomic mass is 16.3. The highest BCUT2D eigenvalue weighted by Crippen LogP contribution is 2.46. The molecule has 1 aliphatic carbocycles. The Bertz CT molecular complexity index is 309. The van der Waals surface area contributed by atoms with E-state index in [1.54, 1.807) is 0 Å². The number of rotatable bonds is 5. The summed E-state index contributed by atoms with van der Waals surface area (Å²) in [7, 11) is 0. The Morgan fingerprint density at radius 1 is 1.59 bits per heavy atom. The summed E-state index contributed by atoms with van der Waals surface area (Å²) in [5.74, 6) is 1.03. The van der Waals surface area contributed by atoms with Crippen LogP contribution in [0.1, 0.15) is 53.9 Å². The van der Waals surface area contributed by atoms with E-state index in [4.69, 9.17) is 0 Å². The molecule has 1 rings (SSSR count). The van der Waals surface area contributed by atoms with Crippen LogP contribution in [-0.4, -0.2) is 11.2 Å². The van der Waals surface area contributed by atoms with Gasteiger partial charge in [-0.2, -0.15) is 0 Å². The second kappa shape index (κ2) is 5.39. The third kappa shape index (κ3) is 3.45. The van der Waals surface area contributed by atoms with Crippen molar-refractivity contribution in [2.75, 3.05) is 0 Å². The SMILES string of the molecule is C=C(C)CC(CC1CC=C(C)C1(C)C)C(C)O. The van der Waals surface area contributed by atoms with Crippen molar-refractivity contribution in [3.8, 4) is 0 Å². The van der Waals surface area contributed by atoms with Crippen LogP contribution in [-0.2, 0) is 0 Å². The molecule has 0 aromatic carbocycles. The fourth-order valence-corrected chi connectivity index (χ4v) is 2.85. The fourth-order valence-electron chi connectivity index (χ4n) is 2.85. The number of allylic oxidation sites excluding steroid dienone is 3. The zero-order valence-corrected chi connectivity index (χ0v) is 12.1. The fraction of sp³-hybridized carbons (Fsp3) is 0.750. The molecule has 1 aliphatic rings. The van der Waals surface area contributed by atoms with Crippen LogP contribution in [0, 0.1) is 17.3 Å². The Balaban J connectivity index is 2.66. The highest BCUT2D eigenvalue weighted by Gasteiger charge is 2.36. The molecule has 0 aromatic heterocycles. The molecule has 0 amide bonds. The molecule has 0 bridgehead atoms. The van der Waals surface area contributed by atoms with Crippen molar-refractivity contribution in [3.05, 3.63) is 23.8 Å². The summed E-state index contributed by atoms with van der Waals surface area (Å²) < 4.78 is 0. The van der Waals surface area contributed by atoms with Gasteiger partial charge in [0, 0.05) is 0 Å².